The summed E-state index contributed by atoms with van der Waals surface area (Å²) in [6.45, 7) is 6.70. The van der Waals surface area contributed by atoms with Crippen molar-refractivity contribution in [3.63, 3.8) is 0 Å². The number of amides is 1. The van der Waals surface area contributed by atoms with Gasteiger partial charge in [0.15, 0.2) is 0 Å². The fourth-order valence-electron chi connectivity index (χ4n) is 1.81. The van der Waals surface area contributed by atoms with Crippen molar-refractivity contribution in [1.29, 1.82) is 0 Å². The first-order valence-corrected chi connectivity index (χ1v) is 6.36. The van der Waals surface area contributed by atoms with Crippen LogP contribution in [0.15, 0.2) is 18.5 Å². The largest absolute Gasteiger partial charge is 0.458 e. The van der Waals surface area contributed by atoms with Gasteiger partial charge in [0.2, 0.25) is 0 Å². The van der Waals surface area contributed by atoms with Gasteiger partial charge in [-0.05, 0) is 26.8 Å². The second-order valence-electron chi connectivity index (χ2n) is 5.49. The Morgan fingerprint density at radius 1 is 1.37 bits per heavy atom. The van der Waals surface area contributed by atoms with E-state index in [1.165, 1.54) is 0 Å². The van der Waals surface area contributed by atoms with E-state index in [2.05, 4.69) is 9.97 Å². The molecule has 0 aliphatic carbocycles. The zero-order chi connectivity index (χ0) is 13.9. The molecule has 0 aromatic carbocycles. The Labute approximate surface area is 112 Å². The summed E-state index contributed by atoms with van der Waals surface area (Å²) >= 11 is 0. The van der Waals surface area contributed by atoms with Gasteiger partial charge in [-0.2, -0.15) is 0 Å². The predicted molar refractivity (Wildman–Crippen MR) is 68.9 cm³/mol. The number of ether oxygens (including phenoxy) is 2. The lowest BCUT2D eigenvalue weighted by molar-refractivity contribution is 0.0274. The Kier molecular flexibility index (Phi) is 3.87. The third-order valence-corrected chi connectivity index (χ3v) is 2.61. The van der Waals surface area contributed by atoms with Crippen molar-refractivity contribution in [2.45, 2.75) is 38.9 Å². The Bertz CT molecular complexity index is 431. The molecule has 1 aliphatic rings. The van der Waals surface area contributed by atoms with Crippen LogP contribution in [-0.4, -0.2) is 45.8 Å². The summed E-state index contributed by atoms with van der Waals surface area (Å²) in [4.78, 5) is 21.5. The summed E-state index contributed by atoms with van der Waals surface area (Å²) in [6.07, 6.45) is 3.64. The van der Waals surface area contributed by atoms with Crippen molar-refractivity contribution >= 4 is 6.09 Å². The van der Waals surface area contributed by atoms with Gasteiger partial charge in [-0.1, -0.05) is 0 Å². The molecule has 6 nitrogen and oxygen atoms in total. The minimum atomic E-state index is -0.474. The van der Waals surface area contributed by atoms with Crippen LogP contribution in [0.3, 0.4) is 0 Å². The van der Waals surface area contributed by atoms with Gasteiger partial charge >= 0.3 is 12.1 Å². The van der Waals surface area contributed by atoms with Crippen molar-refractivity contribution in [1.82, 2.24) is 14.9 Å². The van der Waals surface area contributed by atoms with Crippen LogP contribution in [0.25, 0.3) is 0 Å². The number of likely N-dealkylation sites (tertiary alicyclic amines) is 1. The minimum Gasteiger partial charge on any atom is -0.458 e. The molecule has 0 unspecified atom stereocenters. The van der Waals surface area contributed by atoms with Crippen molar-refractivity contribution in [2.24, 2.45) is 0 Å². The molecule has 0 bridgehead atoms. The highest BCUT2D eigenvalue weighted by atomic mass is 16.6. The molecular formula is C13H19N3O3. The SMILES string of the molecule is CC(C)(C)OC(=O)N1CC[C@@H](Oc2ncccn2)C1. The van der Waals surface area contributed by atoms with Crippen molar-refractivity contribution in [2.75, 3.05) is 13.1 Å². The first-order chi connectivity index (χ1) is 8.94. The molecule has 1 amide bonds. The third kappa shape index (κ3) is 4.08. The van der Waals surface area contributed by atoms with Gasteiger partial charge in [-0.25, -0.2) is 14.8 Å². The summed E-state index contributed by atoms with van der Waals surface area (Å²) in [6, 6.07) is 2.08. The van der Waals surface area contributed by atoms with Gasteiger partial charge in [0.05, 0.1) is 6.54 Å². The average molecular weight is 265 g/mol. The Morgan fingerprint density at radius 2 is 2.05 bits per heavy atom. The molecule has 104 valence electrons. The number of carbonyl (C=O) groups excluding carboxylic acids is 1. The van der Waals surface area contributed by atoms with Crippen LogP contribution in [0.5, 0.6) is 6.01 Å². The molecule has 2 heterocycles. The van der Waals surface area contributed by atoms with Crippen LogP contribution < -0.4 is 4.74 Å². The highest BCUT2D eigenvalue weighted by Crippen LogP contribution is 2.17. The van der Waals surface area contributed by atoms with E-state index in [0.29, 0.717) is 19.1 Å². The summed E-state index contributed by atoms with van der Waals surface area (Å²) in [5.41, 5.74) is -0.474. The van der Waals surface area contributed by atoms with E-state index in [9.17, 15) is 4.79 Å². The summed E-state index contributed by atoms with van der Waals surface area (Å²) in [5, 5.41) is 0. The lowest BCUT2D eigenvalue weighted by Crippen LogP contribution is -2.36. The van der Waals surface area contributed by atoms with E-state index in [1.807, 2.05) is 20.8 Å². The molecule has 0 saturated carbocycles. The molecule has 1 aromatic heterocycles. The van der Waals surface area contributed by atoms with Gasteiger partial charge in [0, 0.05) is 25.4 Å². The first-order valence-electron chi connectivity index (χ1n) is 6.36. The van der Waals surface area contributed by atoms with E-state index in [4.69, 9.17) is 9.47 Å². The zero-order valence-electron chi connectivity index (χ0n) is 11.5. The fourth-order valence-corrected chi connectivity index (χ4v) is 1.81. The molecule has 1 fully saturated rings. The molecule has 1 aromatic rings. The monoisotopic (exact) mass is 265 g/mol. The topological polar surface area (TPSA) is 64.5 Å². The third-order valence-electron chi connectivity index (χ3n) is 2.61. The molecule has 0 N–H and O–H groups in total. The molecule has 1 aliphatic heterocycles. The van der Waals surface area contributed by atoms with Gasteiger partial charge in [0.25, 0.3) is 0 Å². The number of aromatic nitrogens is 2. The first kappa shape index (κ1) is 13.6. The number of carbonyl (C=O) groups is 1. The van der Waals surface area contributed by atoms with Crippen LogP contribution in [0.2, 0.25) is 0 Å². The molecular weight excluding hydrogens is 246 g/mol. The second-order valence-corrected chi connectivity index (χ2v) is 5.49. The number of nitrogens with zero attached hydrogens (tertiary/aromatic N) is 3. The van der Waals surface area contributed by atoms with E-state index in [-0.39, 0.29) is 12.2 Å². The zero-order valence-corrected chi connectivity index (χ0v) is 11.5. The molecule has 1 atom stereocenters. The van der Waals surface area contributed by atoms with Crippen LogP contribution in [0, 0.1) is 0 Å². The highest BCUT2D eigenvalue weighted by Gasteiger charge is 2.31. The van der Waals surface area contributed by atoms with E-state index < -0.39 is 5.60 Å². The Balaban J connectivity index is 1.85. The van der Waals surface area contributed by atoms with Crippen LogP contribution in [-0.2, 0) is 4.74 Å². The minimum absolute atomic E-state index is 0.0741. The molecule has 0 spiro atoms. The quantitative estimate of drug-likeness (QED) is 0.816. The fraction of sp³-hybridized carbons (Fsp3) is 0.615. The normalized spacial score (nSPS) is 19.3. The lowest BCUT2D eigenvalue weighted by Gasteiger charge is -2.24. The summed E-state index contributed by atoms with van der Waals surface area (Å²) in [7, 11) is 0. The summed E-state index contributed by atoms with van der Waals surface area (Å²) in [5.74, 6) is 0. The molecule has 2 rings (SSSR count). The van der Waals surface area contributed by atoms with E-state index >= 15 is 0 Å². The maximum Gasteiger partial charge on any atom is 0.410 e. The predicted octanol–water partition coefficient (Wildman–Crippen LogP) is 1.86. The smallest absolute Gasteiger partial charge is 0.410 e. The van der Waals surface area contributed by atoms with Crippen LogP contribution in [0.1, 0.15) is 27.2 Å². The van der Waals surface area contributed by atoms with Gasteiger partial charge < -0.3 is 14.4 Å². The molecule has 1 saturated heterocycles. The number of rotatable bonds is 2. The van der Waals surface area contributed by atoms with Gasteiger partial charge in [0.1, 0.15) is 11.7 Å². The van der Waals surface area contributed by atoms with Crippen molar-refractivity contribution in [3.05, 3.63) is 18.5 Å². The van der Waals surface area contributed by atoms with Crippen LogP contribution in [0.4, 0.5) is 4.79 Å². The van der Waals surface area contributed by atoms with Gasteiger partial charge in [-0.15, -0.1) is 0 Å². The lowest BCUT2D eigenvalue weighted by atomic mass is 10.2. The van der Waals surface area contributed by atoms with Crippen LogP contribution >= 0.6 is 0 Å². The summed E-state index contributed by atoms with van der Waals surface area (Å²) < 4.78 is 10.9. The van der Waals surface area contributed by atoms with Crippen molar-refractivity contribution in [3.8, 4) is 6.01 Å². The Morgan fingerprint density at radius 3 is 2.68 bits per heavy atom. The standard InChI is InChI=1S/C13H19N3O3/c1-13(2,3)19-12(17)16-8-5-10(9-16)18-11-14-6-4-7-15-11/h4,6-7,10H,5,8-9H2,1-3H3/t10-/m1/s1. The Hall–Kier alpha value is -1.85. The number of hydrogen-bond donors (Lipinski definition) is 0. The van der Waals surface area contributed by atoms with Gasteiger partial charge in [-0.3, -0.25) is 0 Å². The maximum atomic E-state index is 11.9. The molecule has 0 radical (unpaired) electrons. The maximum absolute atomic E-state index is 11.9. The molecule has 19 heavy (non-hydrogen) atoms. The molecule has 6 heteroatoms. The van der Waals surface area contributed by atoms with E-state index in [0.717, 1.165) is 6.42 Å². The second kappa shape index (κ2) is 5.42. The average Bonchev–Trinajstić information content (AvgIpc) is 2.77. The highest BCUT2D eigenvalue weighted by molar-refractivity contribution is 5.68. The van der Waals surface area contributed by atoms with E-state index in [1.54, 1.807) is 23.4 Å². The van der Waals surface area contributed by atoms with Crippen molar-refractivity contribution < 1.29 is 14.3 Å². The number of hydrogen-bond acceptors (Lipinski definition) is 5.